The second-order valence-electron chi connectivity index (χ2n) is 3.92. The van der Waals surface area contributed by atoms with Crippen molar-refractivity contribution in [2.75, 3.05) is 0 Å². The molecule has 90 valence electrons. The fourth-order valence-electron chi connectivity index (χ4n) is 1.55. The molecule has 0 heterocycles. The zero-order valence-electron chi connectivity index (χ0n) is 9.65. The highest BCUT2D eigenvalue weighted by Crippen LogP contribution is 2.25. The SMILES string of the molecule is C#CCCC(=O)CCCc1ccc(O)c(O)c1. The Kier molecular flexibility index (Phi) is 5.09. The summed E-state index contributed by atoms with van der Waals surface area (Å²) in [6.07, 6.45) is 7.95. The first-order valence-corrected chi connectivity index (χ1v) is 5.59. The average Bonchev–Trinajstić information content (AvgIpc) is 2.31. The maximum atomic E-state index is 11.3. The van der Waals surface area contributed by atoms with E-state index in [4.69, 9.17) is 11.5 Å². The molecule has 0 spiro atoms. The highest BCUT2D eigenvalue weighted by molar-refractivity contribution is 5.78. The van der Waals surface area contributed by atoms with Crippen LogP contribution in [-0.2, 0) is 11.2 Å². The lowest BCUT2D eigenvalue weighted by atomic mass is 10.0. The molecule has 2 N–H and O–H groups in total. The number of phenols is 2. The van der Waals surface area contributed by atoms with E-state index in [-0.39, 0.29) is 17.3 Å². The van der Waals surface area contributed by atoms with Crippen LogP contribution >= 0.6 is 0 Å². The molecule has 1 rings (SSSR count). The molecule has 3 nitrogen and oxygen atoms in total. The van der Waals surface area contributed by atoms with Crippen molar-refractivity contribution in [1.29, 1.82) is 0 Å². The van der Waals surface area contributed by atoms with Crippen molar-refractivity contribution in [2.24, 2.45) is 0 Å². The van der Waals surface area contributed by atoms with E-state index >= 15 is 0 Å². The van der Waals surface area contributed by atoms with Crippen molar-refractivity contribution >= 4 is 5.78 Å². The first-order chi connectivity index (χ1) is 8.13. The maximum Gasteiger partial charge on any atom is 0.157 e. The third-order valence-corrected chi connectivity index (χ3v) is 2.51. The van der Waals surface area contributed by atoms with Crippen LogP contribution in [0.1, 0.15) is 31.2 Å². The van der Waals surface area contributed by atoms with Crippen molar-refractivity contribution in [3.8, 4) is 23.8 Å². The number of carbonyl (C=O) groups excluding carboxylic acids is 1. The summed E-state index contributed by atoms with van der Waals surface area (Å²) >= 11 is 0. The predicted molar refractivity (Wildman–Crippen MR) is 65.8 cm³/mol. The van der Waals surface area contributed by atoms with Gasteiger partial charge in [0.25, 0.3) is 0 Å². The van der Waals surface area contributed by atoms with E-state index in [9.17, 15) is 9.90 Å². The molecule has 0 radical (unpaired) electrons. The Morgan fingerprint density at radius 2 is 2.00 bits per heavy atom. The number of rotatable bonds is 6. The number of hydrogen-bond acceptors (Lipinski definition) is 3. The quantitative estimate of drug-likeness (QED) is 0.585. The molecule has 0 fully saturated rings. The number of hydrogen-bond donors (Lipinski definition) is 2. The van der Waals surface area contributed by atoms with Gasteiger partial charge in [-0.25, -0.2) is 0 Å². The van der Waals surface area contributed by atoms with Crippen LogP contribution in [0.25, 0.3) is 0 Å². The van der Waals surface area contributed by atoms with Crippen molar-refractivity contribution in [2.45, 2.75) is 32.1 Å². The van der Waals surface area contributed by atoms with Crippen LogP contribution in [0.4, 0.5) is 0 Å². The van der Waals surface area contributed by atoms with Gasteiger partial charge >= 0.3 is 0 Å². The van der Waals surface area contributed by atoms with Gasteiger partial charge in [-0.15, -0.1) is 12.3 Å². The van der Waals surface area contributed by atoms with Gasteiger partial charge in [-0.05, 0) is 30.5 Å². The Bertz CT molecular complexity index is 430. The third kappa shape index (κ3) is 4.60. The van der Waals surface area contributed by atoms with Crippen molar-refractivity contribution in [1.82, 2.24) is 0 Å². The summed E-state index contributed by atoms with van der Waals surface area (Å²) in [5.41, 5.74) is 0.907. The molecule has 0 atom stereocenters. The Morgan fingerprint density at radius 1 is 1.24 bits per heavy atom. The minimum Gasteiger partial charge on any atom is -0.504 e. The van der Waals surface area contributed by atoms with E-state index in [1.807, 2.05) is 0 Å². The molecule has 0 aliphatic heterocycles. The van der Waals surface area contributed by atoms with Crippen LogP contribution in [0, 0.1) is 12.3 Å². The number of Topliss-reactive ketones (excluding diaryl/α,β-unsaturated/α-hetero) is 1. The highest BCUT2D eigenvalue weighted by atomic mass is 16.3. The van der Waals surface area contributed by atoms with Crippen LogP contribution in [0.15, 0.2) is 18.2 Å². The molecule has 3 heteroatoms. The maximum absolute atomic E-state index is 11.3. The fourth-order valence-corrected chi connectivity index (χ4v) is 1.55. The van der Waals surface area contributed by atoms with Gasteiger partial charge in [-0.1, -0.05) is 6.07 Å². The van der Waals surface area contributed by atoms with Crippen LogP contribution < -0.4 is 0 Å². The molecule has 17 heavy (non-hydrogen) atoms. The summed E-state index contributed by atoms with van der Waals surface area (Å²) in [4.78, 5) is 11.3. The van der Waals surface area contributed by atoms with Crippen molar-refractivity contribution in [3.05, 3.63) is 23.8 Å². The second-order valence-corrected chi connectivity index (χ2v) is 3.92. The van der Waals surface area contributed by atoms with Crippen molar-refractivity contribution in [3.63, 3.8) is 0 Å². The monoisotopic (exact) mass is 232 g/mol. The van der Waals surface area contributed by atoms with Gasteiger partial charge in [-0.2, -0.15) is 0 Å². The molecule has 1 aromatic carbocycles. The number of benzene rings is 1. The van der Waals surface area contributed by atoms with E-state index < -0.39 is 0 Å². The Labute approximate surface area is 101 Å². The topological polar surface area (TPSA) is 57.5 Å². The molecule has 0 bridgehead atoms. The molecule has 1 aromatic rings. The number of aromatic hydroxyl groups is 2. The van der Waals surface area contributed by atoms with Gasteiger partial charge in [0, 0.05) is 19.3 Å². The summed E-state index contributed by atoms with van der Waals surface area (Å²) in [7, 11) is 0. The van der Waals surface area contributed by atoms with E-state index in [0.717, 1.165) is 12.0 Å². The summed E-state index contributed by atoms with van der Waals surface area (Å²) in [5.74, 6) is 2.36. The molecule has 0 aliphatic carbocycles. The van der Waals surface area contributed by atoms with E-state index in [0.29, 0.717) is 25.7 Å². The summed E-state index contributed by atoms with van der Waals surface area (Å²) in [6, 6.07) is 4.70. The van der Waals surface area contributed by atoms with Gasteiger partial charge in [0.15, 0.2) is 11.5 Å². The molecular formula is C14H16O3. The highest BCUT2D eigenvalue weighted by Gasteiger charge is 2.03. The van der Waals surface area contributed by atoms with Gasteiger partial charge in [0.1, 0.15) is 5.78 Å². The molecule has 0 amide bonds. The molecular weight excluding hydrogens is 216 g/mol. The average molecular weight is 232 g/mol. The number of terminal acetylenes is 1. The predicted octanol–water partition coefficient (Wildman–Crippen LogP) is 2.40. The van der Waals surface area contributed by atoms with Crippen LogP contribution in [0.5, 0.6) is 11.5 Å². The standard InChI is InChI=1S/C14H16O3/c1-2-3-6-12(15)7-4-5-11-8-9-13(16)14(17)10-11/h1,8-10,16-17H,3-7H2. The lowest BCUT2D eigenvalue weighted by Gasteiger charge is -2.03. The van der Waals surface area contributed by atoms with E-state index in [2.05, 4.69) is 5.92 Å². The molecule has 0 aromatic heterocycles. The lowest BCUT2D eigenvalue weighted by Crippen LogP contribution is -1.98. The van der Waals surface area contributed by atoms with E-state index in [1.54, 1.807) is 6.07 Å². The first-order valence-electron chi connectivity index (χ1n) is 5.59. The summed E-state index contributed by atoms with van der Waals surface area (Å²) in [6.45, 7) is 0. The fraction of sp³-hybridized carbons (Fsp3) is 0.357. The molecule has 0 saturated carbocycles. The van der Waals surface area contributed by atoms with Crippen molar-refractivity contribution < 1.29 is 15.0 Å². The number of ketones is 1. The molecule has 0 aliphatic rings. The number of phenolic OH excluding ortho intramolecular Hbond substituents is 2. The largest absolute Gasteiger partial charge is 0.504 e. The van der Waals surface area contributed by atoms with Gasteiger partial charge in [0.2, 0.25) is 0 Å². The molecule has 0 saturated heterocycles. The summed E-state index contributed by atoms with van der Waals surface area (Å²) in [5, 5.41) is 18.4. The lowest BCUT2D eigenvalue weighted by molar-refractivity contribution is -0.119. The van der Waals surface area contributed by atoms with Crippen LogP contribution in [-0.4, -0.2) is 16.0 Å². The normalized spacial score (nSPS) is 9.82. The Morgan fingerprint density at radius 3 is 2.65 bits per heavy atom. The van der Waals surface area contributed by atoms with E-state index in [1.165, 1.54) is 12.1 Å². The first kappa shape index (κ1) is 13.1. The zero-order valence-corrected chi connectivity index (χ0v) is 9.65. The van der Waals surface area contributed by atoms with Gasteiger partial charge < -0.3 is 10.2 Å². The Balaban J connectivity index is 2.33. The van der Waals surface area contributed by atoms with Crippen LogP contribution in [0.3, 0.4) is 0 Å². The minimum atomic E-state index is -0.126. The zero-order chi connectivity index (χ0) is 12.7. The number of aryl methyl sites for hydroxylation is 1. The number of carbonyl (C=O) groups is 1. The second kappa shape index (κ2) is 6.59. The van der Waals surface area contributed by atoms with Gasteiger partial charge in [-0.3, -0.25) is 4.79 Å². The molecule has 0 unspecified atom stereocenters. The van der Waals surface area contributed by atoms with Crippen LogP contribution in [0.2, 0.25) is 0 Å². The minimum absolute atomic E-state index is 0.124. The van der Waals surface area contributed by atoms with Gasteiger partial charge in [0.05, 0.1) is 0 Å². The summed E-state index contributed by atoms with van der Waals surface area (Å²) < 4.78 is 0. The third-order valence-electron chi connectivity index (χ3n) is 2.51. The Hall–Kier alpha value is -1.95. The smallest absolute Gasteiger partial charge is 0.157 e.